The van der Waals surface area contributed by atoms with Crippen LogP contribution in [0, 0.1) is 5.41 Å². The maximum absolute atomic E-state index is 11.4. The third-order valence-electron chi connectivity index (χ3n) is 2.45. The molecule has 5 nitrogen and oxygen atoms in total. The van der Waals surface area contributed by atoms with E-state index in [0.29, 0.717) is 19.8 Å². The Morgan fingerprint density at radius 1 is 0.818 bits per heavy atom. The van der Waals surface area contributed by atoms with Gasteiger partial charge in [0.05, 0.1) is 51.7 Å². The summed E-state index contributed by atoms with van der Waals surface area (Å²) < 4.78 is 32.9. The van der Waals surface area contributed by atoms with E-state index in [0.717, 1.165) is 0 Å². The first kappa shape index (κ1) is 21.9. The van der Waals surface area contributed by atoms with Gasteiger partial charge in [0.25, 0.3) is 0 Å². The maximum atomic E-state index is 11.4. The van der Waals surface area contributed by atoms with Crippen molar-refractivity contribution in [3.05, 3.63) is 38.0 Å². The van der Waals surface area contributed by atoms with E-state index >= 15 is 0 Å². The summed E-state index contributed by atoms with van der Waals surface area (Å²) in [6.07, 6.45) is 1.20. The summed E-state index contributed by atoms with van der Waals surface area (Å²) in [4.78, 5) is 0. The van der Waals surface area contributed by atoms with Gasteiger partial charge >= 0.3 is 6.07 Å². The molecule has 0 saturated carbocycles. The first-order valence-corrected chi connectivity index (χ1v) is 10.0. The molecule has 8 heteroatoms. The fourth-order valence-corrected chi connectivity index (χ4v) is 2.26. The van der Waals surface area contributed by atoms with Gasteiger partial charge in [0, 0.05) is 0 Å². The lowest BCUT2D eigenvalue weighted by Crippen LogP contribution is -2.41. The predicted molar refractivity (Wildman–Crippen MR) is 90.7 cm³/mol. The molecule has 0 aliphatic carbocycles. The molecule has 0 bridgehead atoms. The largest absolute Gasteiger partial charge is 0.380 e. The molecule has 0 atom stereocenters. The molecule has 0 rings (SSSR count). The Morgan fingerprint density at radius 3 is 1.45 bits per heavy atom. The van der Waals surface area contributed by atoms with E-state index < -0.39 is 11.5 Å². The molecule has 0 spiro atoms. The Balaban J connectivity index is 4.89. The van der Waals surface area contributed by atoms with Crippen LogP contribution < -0.4 is 0 Å². The predicted octanol–water partition coefficient (Wildman–Crippen LogP) is 4.18. The number of ether oxygens (including phenoxy) is 3. The van der Waals surface area contributed by atoms with Crippen LogP contribution in [0.5, 0.6) is 0 Å². The number of rotatable bonds is 15. The van der Waals surface area contributed by atoms with Gasteiger partial charge in [-0.2, -0.15) is 0 Å². The van der Waals surface area contributed by atoms with Gasteiger partial charge in [0.15, 0.2) is 0 Å². The molecule has 0 N–H and O–H groups in total. The van der Waals surface area contributed by atoms with Crippen LogP contribution in [-0.4, -0.2) is 46.2 Å². The molecule has 0 aromatic heterocycles. The van der Waals surface area contributed by atoms with Crippen LogP contribution in [0.15, 0.2) is 38.0 Å². The van der Waals surface area contributed by atoms with Crippen molar-refractivity contribution in [3.63, 3.8) is 0 Å². The molecule has 0 aliphatic heterocycles. The Kier molecular flexibility index (Phi) is 12.2. The lowest BCUT2D eigenvalue weighted by atomic mass is 9.92. The zero-order valence-corrected chi connectivity index (χ0v) is 15.0. The Morgan fingerprint density at radius 2 is 1.18 bits per heavy atom. The minimum absolute atomic E-state index is 0.0390. The minimum atomic E-state index is -3.66. The topological polar surface area (TPSA) is 54.0 Å². The van der Waals surface area contributed by atoms with Gasteiger partial charge < -0.3 is 18.7 Å². The molecule has 128 valence electrons. The van der Waals surface area contributed by atoms with Crippen molar-refractivity contribution >= 4 is 28.6 Å². The standard InChI is InChI=1S/C14H23Cl2O5P/c1-4-7-18-10-14(11-19-8-5-2,12-20-9-6-3)13-21-22(15,16)17/h4-6H,1-3,7-13H2. The highest BCUT2D eigenvalue weighted by Crippen LogP contribution is 2.58. The van der Waals surface area contributed by atoms with Gasteiger partial charge in [0.1, 0.15) is 0 Å². The zero-order valence-electron chi connectivity index (χ0n) is 12.5. The second kappa shape index (κ2) is 12.3. The highest BCUT2D eigenvalue weighted by Gasteiger charge is 2.34. The Hall–Kier alpha value is -0.130. The summed E-state index contributed by atoms with van der Waals surface area (Å²) in [6.45, 7) is 12.5. The molecule has 22 heavy (non-hydrogen) atoms. The molecule has 0 fully saturated rings. The SMILES string of the molecule is C=CCOCC(COCC=C)(COCC=C)COP(=O)(Cl)Cl. The van der Waals surface area contributed by atoms with Crippen LogP contribution in [-0.2, 0) is 23.3 Å². The van der Waals surface area contributed by atoms with E-state index in [2.05, 4.69) is 19.7 Å². The Labute approximate surface area is 141 Å². The monoisotopic (exact) mass is 372 g/mol. The van der Waals surface area contributed by atoms with E-state index in [1.54, 1.807) is 18.2 Å². The Bertz CT molecular complexity index is 347. The second-order valence-corrected chi connectivity index (χ2v) is 8.88. The average molecular weight is 373 g/mol. The molecule has 0 heterocycles. The van der Waals surface area contributed by atoms with Crippen LogP contribution in [0.1, 0.15) is 0 Å². The number of halogens is 2. The van der Waals surface area contributed by atoms with E-state index in [1.807, 2.05) is 0 Å². The van der Waals surface area contributed by atoms with Crippen molar-refractivity contribution in [2.75, 3.05) is 46.2 Å². The smallest absolute Gasteiger partial charge is 0.377 e. The second-order valence-electron chi connectivity index (χ2n) is 4.60. The van der Waals surface area contributed by atoms with E-state index in [4.69, 9.17) is 41.2 Å². The summed E-state index contributed by atoms with van der Waals surface area (Å²) in [5, 5.41) is 0. The van der Waals surface area contributed by atoms with Crippen LogP contribution in [0.3, 0.4) is 0 Å². The third kappa shape index (κ3) is 11.4. The van der Waals surface area contributed by atoms with Crippen molar-refractivity contribution < 1.29 is 23.3 Å². The van der Waals surface area contributed by atoms with Crippen molar-refractivity contribution in [1.29, 1.82) is 0 Å². The summed E-state index contributed by atoms with van der Waals surface area (Å²) in [7, 11) is 0. The van der Waals surface area contributed by atoms with Crippen LogP contribution in [0.4, 0.5) is 0 Å². The molecular formula is C14H23Cl2O5P. The van der Waals surface area contributed by atoms with Crippen LogP contribution in [0.25, 0.3) is 0 Å². The van der Waals surface area contributed by atoms with Crippen molar-refractivity contribution in [1.82, 2.24) is 0 Å². The lowest BCUT2D eigenvalue weighted by Gasteiger charge is -2.32. The molecular weight excluding hydrogens is 350 g/mol. The molecule has 0 aromatic rings. The van der Waals surface area contributed by atoms with E-state index in [1.165, 1.54) is 0 Å². The van der Waals surface area contributed by atoms with Crippen LogP contribution in [0.2, 0.25) is 0 Å². The summed E-state index contributed by atoms with van der Waals surface area (Å²) >= 11 is 10.9. The van der Waals surface area contributed by atoms with Crippen molar-refractivity contribution in [3.8, 4) is 0 Å². The van der Waals surface area contributed by atoms with Gasteiger partial charge in [-0.15, -0.1) is 19.7 Å². The van der Waals surface area contributed by atoms with Gasteiger partial charge in [-0.3, -0.25) is 4.57 Å². The highest BCUT2D eigenvalue weighted by molar-refractivity contribution is 8.05. The number of hydrogen-bond donors (Lipinski definition) is 0. The molecule has 0 unspecified atom stereocenters. The van der Waals surface area contributed by atoms with Gasteiger partial charge in [0.2, 0.25) is 0 Å². The molecule has 0 radical (unpaired) electrons. The summed E-state index contributed by atoms with van der Waals surface area (Å²) in [5.74, 6) is 0. The first-order chi connectivity index (χ1) is 10.4. The summed E-state index contributed by atoms with van der Waals surface area (Å²) in [5.41, 5.74) is -0.714. The maximum Gasteiger partial charge on any atom is 0.380 e. The van der Waals surface area contributed by atoms with E-state index in [9.17, 15) is 4.57 Å². The molecule has 0 amide bonds. The molecule has 0 saturated heterocycles. The average Bonchev–Trinajstić information content (AvgIpc) is 2.45. The highest BCUT2D eigenvalue weighted by atomic mass is 35.9. The molecule has 0 aliphatic rings. The quantitative estimate of drug-likeness (QED) is 0.245. The van der Waals surface area contributed by atoms with Crippen molar-refractivity contribution in [2.24, 2.45) is 5.41 Å². The number of hydrogen-bond acceptors (Lipinski definition) is 5. The normalized spacial score (nSPS) is 12.1. The van der Waals surface area contributed by atoms with Gasteiger partial charge in [-0.1, -0.05) is 18.2 Å². The lowest BCUT2D eigenvalue weighted by molar-refractivity contribution is -0.0759. The first-order valence-electron chi connectivity index (χ1n) is 6.59. The summed E-state index contributed by atoms with van der Waals surface area (Å²) in [6, 6.07) is 0. The van der Waals surface area contributed by atoms with Crippen LogP contribution >= 0.6 is 28.6 Å². The minimum Gasteiger partial charge on any atom is -0.377 e. The fraction of sp³-hybridized carbons (Fsp3) is 0.571. The van der Waals surface area contributed by atoms with Crippen molar-refractivity contribution in [2.45, 2.75) is 0 Å². The van der Waals surface area contributed by atoms with Gasteiger partial charge in [-0.25, -0.2) is 0 Å². The van der Waals surface area contributed by atoms with Gasteiger partial charge in [-0.05, 0) is 22.5 Å². The zero-order chi connectivity index (χ0) is 16.9. The molecule has 0 aromatic carbocycles. The third-order valence-corrected chi connectivity index (χ3v) is 3.47. The fourth-order valence-electron chi connectivity index (χ4n) is 1.54. The van der Waals surface area contributed by atoms with E-state index in [-0.39, 0.29) is 26.4 Å².